The number of rotatable bonds is 3. The predicted molar refractivity (Wildman–Crippen MR) is 37.6 cm³/mol. The zero-order valence-electron chi connectivity index (χ0n) is 5.98. The maximum Gasteiger partial charge on any atom is 0.228 e. The van der Waals surface area contributed by atoms with Gasteiger partial charge in [0.1, 0.15) is 6.54 Å². The van der Waals surface area contributed by atoms with Crippen LogP contribution in [0.15, 0.2) is 0 Å². The van der Waals surface area contributed by atoms with Crippen LogP contribution in [0.3, 0.4) is 0 Å². The molecule has 0 aliphatic carbocycles. The van der Waals surface area contributed by atoms with Crippen LogP contribution in [-0.2, 0) is 10.0 Å². The summed E-state index contributed by atoms with van der Waals surface area (Å²) in [7, 11) is -2.26. The highest BCUT2D eigenvalue weighted by Crippen LogP contribution is 1.94. The Kier molecular flexibility index (Phi) is 3.52. The zero-order valence-corrected chi connectivity index (χ0v) is 6.80. The molecular weight excluding hydrogens is 166 g/mol. The van der Waals surface area contributed by atoms with E-state index in [4.69, 9.17) is 10.5 Å². The lowest BCUT2D eigenvalue weighted by Gasteiger charge is -2.09. The van der Waals surface area contributed by atoms with Gasteiger partial charge in [-0.2, -0.15) is 14.8 Å². The van der Waals surface area contributed by atoms with Gasteiger partial charge in [0, 0.05) is 7.05 Å². The van der Waals surface area contributed by atoms with Gasteiger partial charge in [-0.15, -0.1) is 0 Å². The minimum atomic E-state index is -3.52. The smallest absolute Gasteiger partial charge is 0.211 e. The Morgan fingerprint density at radius 1 is 1.36 bits per heavy atom. The highest BCUT2D eigenvalue weighted by molar-refractivity contribution is 7.89. The Hall–Kier alpha value is -1.11. The van der Waals surface area contributed by atoms with Crippen molar-refractivity contribution >= 4 is 10.0 Å². The lowest BCUT2D eigenvalue weighted by atomic mass is 10.7. The molecule has 0 aromatic rings. The molecule has 0 fully saturated rings. The highest BCUT2D eigenvalue weighted by Gasteiger charge is 2.15. The third-order valence-corrected chi connectivity index (χ3v) is 2.59. The van der Waals surface area contributed by atoms with Gasteiger partial charge in [-0.3, -0.25) is 0 Å². The van der Waals surface area contributed by atoms with Crippen LogP contribution in [0.4, 0.5) is 0 Å². The van der Waals surface area contributed by atoms with Crippen molar-refractivity contribution in [2.75, 3.05) is 19.3 Å². The number of nitriles is 2. The van der Waals surface area contributed by atoms with Crippen molar-refractivity contribution in [1.82, 2.24) is 4.31 Å². The van der Waals surface area contributed by atoms with E-state index >= 15 is 0 Å². The molecule has 60 valence electrons. The van der Waals surface area contributed by atoms with E-state index in [2.05, 4.69) is 0 Å². The van der Waals surface area contributed by atoms with Crippen LogP contribution in [0.2, 0.25) is 0 Å². The number of nitrogens with zero attached hydrogens (tertiary/aromatic N) is 3. The highest BCUT2D eigenvalue weighted by atomic mass is 32.2. The van der Waals surface area contributed by atoms with Gasteiger partial charge >= 0.3 is 0 Å². The summed E-state index contributed by atoms with van der Waals surface area (Å²) in [5, 5.41) is 16.2. The van der Waals surface area contributed by atoms with Crippen LogP contribution in [0.25, 0.3) is 0 Å². The summed E-state index contributed by atoms with van der Waals surface area (Å²) in [6.07, 6.45) is 0. The van der Waals surface area contributed by atoms with Crippen molar-refractivity contribution in [3.8, 4) is 12.1 Å². The van der Waals surface area contributed by atoms with Gasteiger partial charge in [0.05, 0.1) is 12.1 Å². The normalized spacial score (nSPS) is 10.5. The largest absolute Gasteiger partial charge is 0.228 e. The number of hydrogen-bond acceptors (Lipinski definition) is 4. The molecular formula is C5H7N3O2S. The van der Waals surface area contributed by atoms with Gasteiger partial charge in [-0.25, -0.2) is 8.42 Å². The molecule has 0 bridgehead atoms. The van der Waals surface area contributed by atoms with Crippen molar-refractivity contribution in [3.63, 3.8) is 0 Å². The molecule has 6 heteroatoms. The van der Waals surface area contributed by atoms with Gasteiger partial charge in [0.25, 0.3) is 0 Å². The van der Waals surface area contributed by atoms with Crippen molar-refractivity contribution in [2.45, 2.75) is 0 Å². The van der Waals surface area contributed by atoms with E-state index in [0.29, 0.717) is 0 Å². The molecule has 0 heterocycles. The second-order valence-corrected chi connectivity index (χ2v) is 3.90. The fourth-order valence-electron chi connectivity index (χ4n) is 0.390. The summed E-state index contributed by atoms with van der Waals surface area (Å²) in [5.74, 6) is -0.578. The summed E-state index contributed by atoms with van der Waals surface area (Å²) in [6.45, 7) is -0.218. The van der Waals surface area contributed by atoms with Gasteiger partial charge < -0.3 is 0 Å². The average molecular weight is 173 g/mol. The third-order valence-electron chi connectivity index (χ3n) is 1.02. The van der Waals surface area contributed by atoms with Crippen LogP contribution in [0.1, 0.15) is 0 Å². The van der Waals surface area contributed by atoms with Gasteiger partial charge in [-0.1, -0.05) is 0 Å². The maximum atomic E-state index is 10.9. The monoisotopic (exact) mass is 173 g/mol. The molecule has 0 rings (SSSR count). The standard InChI is InChI=1S/C5H7N3O2S/c1-8(4-2-6)11(9,10)5-3-7/h4-5H2,1H3. The number of hydrogen-bond donors (Lipinski definition) is 0. The van der Waals surface area contributed by atoms with Gasteiger partial charge in [-0.05, 0) is 0 Å². The molecule has 0 aliphatic rings. The molecule has 0 aliphatic heterocycles. The molecule has 11 heavy (non-hydrogen) atoms. The molecule has 0 amide bonds. The number of sulfonamides is 1. The van der Waals surface area contributed by atoms with E-state index in [-0.39, 0.29) is 6.54 Å². The second-order valence-electron chi connectivity index (χ2n) is 1.83. The molecule has 0 saturated carbocycles. The first-order valence-corrected chi connectivity index (χ1v) is 4.33. The second kappa shape index (κ2) is 3.91. The van der Waals surface area contributed by atoms with Crippen LogP contribution >= 0.6 is 0 Å². The zero-order chi connectivity index (χ0) is 8.91. The van der Waals surface area contributed by atoms with Crippen molar-refractivity contribution in [2.24, 2.45) is 0 Å². The Balaban J connectivity index is 4.37. The van der Waals surface area contributed by atoms with Crippen LogP contribution < -0.4 is 0 Å². The molecule has 0 spiro atoms. The third kappa shape index (κ3) is 2.99. The van der Waals surface area contributed by atoms with Crippen LogP contribution in [0.5, 0.6) is 0 Å². The van der Waals surface area contributed by atoms with E-state index in [9.17, 15) is 8.42 Å². The quantitative estimate of drug-likeness (QED) is 0.528. The average Bonchev–Trinajstić information content (AvgIpc) is 1.88. The fraction of sp³-hybridized carbons (Fsp3) is 0.600. The van der Waals surface area contributed by atoms with E-state index in [0.717, 1.165) is 4.31 Å². The van der Waals surface area contributed by atoms with E-state index in [1.807, 2.05) is 0 Å². The van der Waals surface area contributed by atoms with Gasteiger partial charge in [0.15, 0.2) is 5.75 Å². The Bertz CT molecular complexity index is 295. The molecule has 0 atom stereocenters. The first-order valence-electron chi connectivity index (χ1n) is 2.72. The molecule has 0 aromatic heterocycles. The SMILES string of the molecule is CN(CC#N)S(=O)(=O)CC#N. The molecule has 0 radical (unpaired) electrons. The van der Waals surface area contributed by atoms with Gasteiger partial charge in [0.2, 0.25) is 10.0 Å². The van der Waals surface area contributed by atoms with Crippen molar-refractivity contribution < 1.29 is 8.42 Å². The van der Waals surface area contributed by atoms with Crippen LogP contribution in [0, 0.1) is 22.7 Å². The van der Waals surface area contributed by atoms with Crippen molar-refractivity contribution in [3.05, 3.63) is 0 Å². The summed E-state index contributed by atoms with van der Waals surface area (Å²) >= 11 is 0. The summed E-state index contributed by atoms with van der Waals surface area (Å²) in [4.78, 5) is 0. The summed E-state index contributed by atoms with van der Waals surface area (Å²) < 4.78 is 22.6. The Morgan fingerprint density at radius 2 is 1.91 bits per heavy atom. The maximum absolute atomic E-state index is 10.9. The first kappa shape index (κ1) is 9.89. The molecule has 0 N–H and O–H groups in total. The van der Waals surface area contributed by atoms with E-state index in [1.54, 1.807) is 6.07 Å². The first-order chi connectivity index (χ1) is 5.04. The fourth-order valence-corrected chi connectivity index (χ4v) is 1.03. The summed E-state index contributed by atoms with van der Waals surface area (Å²) in [5.41, 5.74) is 0. The predicted octanol–water partition coefficient (Wildman–Crippen LogP) is -0.705. The van der Waals surface area contributed by atoms with Crippen LogP contribution in [-0.4, -0.2) is 32.1 Å². The lowest BCUT2D eigenvalue weighted by Crippen LogP contribution is -2.28. The lowest BCUT2D eigenvalue weighted by molar-refractivity contribution is 0.505. The Morgan fingerprint density at radius 3 is 2.27 bits per heavy atom. The minimum Gasteiger partial charge on any atom is -0.211 e. The molecule has 0 saturated heterocycles. The van der Waals surface area contributed by atoms with E-state index in [1.165, 1.54) is 13.1 Å². The van der Waals surface area contributed by atoms with E-state index < -0.39 is 15.8 Å². The minimum absolute atomic E-state index is 0.218. The summed E-state index contributed by atoms with van der Waals surface area (Å²) in [6, 6.07) is 3.18. The molecule has 0 aromatic carbocycles. The topological polar surface area (TPSA) is 85.0 Å². The Labute approximate surface area is 65.5 Å². The molecule has 0 unspecified atom stereocenters. The molecule has 5 nitrogen and oxygen atoms in total. The van der Waals surface area contributed by atoms with Crippen molar-refractivity contribution in [1.29, 1.82) is 10.5 Å².